The van der Waals surface area contributed by atoms with Gasteiger partial charge in [-0.05, 0) is 42.1 Å². The Hall–Kier alpha value is -3.27. The van der Waals surface area contributed by atoms with Crippen molar-refractivity contribution in [3.63, 3.8) is 0 Å². The second kappa shape index (κ2) is 8.61. The van der Waals surface area contributed by atoms with Crippen molar-refractivity contribution in [2.45, 2.75) is 6.92 Å². The standard InChI is InChI=1S/C24H25NO3/c1-5-28-18-12-10-17(11-13-18)22(16-25(2)3)24(26)21-14-15-23(27-4)20-9-7-6-8-19(20)21/h6-16H,5H2,1-4H3/b22-16+. The average molecular weight is 375 g/mol. The van der Waals surface area contributed by atoms with E-state index in [1.54, 1.807) is 7.11 Å². The first kappa shape index (κ1) is 19.5. The van der Waals surface area contributed by atoms with Crippen LogP contribution in [-0.4, -0.2) is 38.5 Å². The summed E-state index contributed by atoms with van der Waals surface area (Å²) in [5.74, 6) is 1.51. The van der Waals surface area contributed by atoms with E-state index in [-0.39, 0.29) is 5.78 Å². The quantitative estimate of drug-likeness (QED) is 0.429. The predicted octanol–water partition coefficient (Wildman–Crippen LogP) is 5.03. The third-order valence-electron chi connectivity index (χ3n) is 4.46. The molecule has 0 spiro atoms. The lowest BCUT2D eigenvalue weighted by atomic mass is 9.93. The molecular formula is C24H25NO3. The smallest absolute Gasteiger partial charge is 0.195 e. The predicted molar refractivity (Wildman–Crippen MR) is 114 cm³/mol. The summed E-state index contributed by atoms with van der Waals surface area (Å²) in [4.78, 5) is 15.4. The van der Waals surface area contributed by atoms with Gasteiger partial charge in [0.25, 0.3) is 0 Å². The number of carbonyl (C=O) groups is 1. The van der Waals surface area contributed by atoms with Crippen molar-refractivity contribution in [2.75, 3.05) is 27.8 Å². The number of ketones is 1. The number of allylic oxidation sites excluding steroid dienone is 1. The van der Waals surface area contributed by atoms with E-state index < -0.39 is 0 Å². The minimum atomic E-state index is -0.0308. The molecular weight excluding hydrogens is 350 g/mol. The van der Waals surface area contributed by atoms with Crippen molar-refractivity contribution >= 4 is 22.1 Å². The molecule has 0 aliphatic heterocycles. The Morgan fingerprint density at radius 2 is 1.64 bits per heavy atom. The molecule has 0 N–H and O–H groups in total. The lowest BCUT2D eigenvalue weighted by molar-refractivity contribution is 0.105. The minimum Gasteiger partial charge on any atom is -0.496 e. The van der Waals surface area contributed by atoms with Gasteiger partial charge in [-0.1, -0.05) is 36.4 Å². The number of carbonyl (C=O) groups excluding carboxylic acids is 1. The van der Waals surface area contributed by atoms with Gasteiger partial charge in [-0.25, -0.2) is 0 Å². The Morgan fingerprint density at radius 3 is 2.25 bits per heavy atom. The summed E-state index contributed by atoms with van der Waals surface area (Å²) in [6.45, 7) is 2.56. The number of rotatable bonds is 7. The highest BCUT2D eigenvalue weighted by atomic mass is 16.5. The van der Waals surface area contributed by atoms with Gasteiger partial charge in [0.15, 0.2) is 5.78 Å². The number of nitrogens with zero attached hydrogens (tertiary/aromatic N) is 1. The molecule has 0 bridgehead atoms. The summed E-state index contributed by atoms with van der Waals surface area (Å²) in [5.41, 5.74) is 2.13. The van der Waals surface area contributed by atoms with E-state index in [1.807, 2.05) is 92.8 Å². The lowest BCUT2D eigenvalue weighted by Crippen LogP contribution is -2.10. The first-order valence-corrected chi connectivity index (χ1v) is 9.27. The summed E-state index contributed by atoms with van der Waals surface area (Å²) in [7, 11) is 5.46. The number of Topliss-reactive ketones (excluding diaryl/α,β-unsaturated/α-hetero) is 1. The number of hydrogen-bond acceptors (Lipinski definition) is 4. The second-order valence-corrected chi connectivity index (χ2v) is 6.65. The van der Waals surface area contributed by atoms with E-state index in [0.29, 0.717) is 17.7 Å². The summed E-state index contributed by atoms with van der Waals surface area (Å²) < 4.78 is 11.0. The fourth-order valence-electron chi connectivity index (χ4n) is 3.21. The van der Waals surface area contributed by atoms with E-state index in [9.17, 15) is 4.79 Å². The SMILES string of the molecule is CCOc1ccc(/C(=C\N(C)C)C(=O)c2ccc(OC)c3ccccc23)cc1. The van der Waals surface area contributed by atoms with Crippen LogP contribution in [0, 0.1) is 0 Å². The van der Waals surface area contributed by atoms with Crippen LogP contribution in [0.3, 0.4) is 0 Å². The zero-order chi connectivity index (χ0) is 20.1. The van der Waals surface area contributed by atoms with Crippen LogP contribution < -0.4 is 9.47 Å². The zero-order valence-electron chi connectivity index (χ0n) is 16.7. The Bertz CT molecular complexity index is 1000. The Morgan fingerprint density at radius 1 is 0.964 bits per heavy atom. The topological polar surface area (TPSA) is 38.8 Å². The molecule has 144 valence electrons. The molecule has 3 rings (SSSR count). The van der Waals surface area contributed by atoms with Crippen molar-refractivity contribution < 1.29 is 14.3 Å². The molecule has 3 aromatic carbocycles. The van der Waals surface area contributed by atoms with Crippen LogP contribution in [0.15, 0.2) is 66.9 Å². The monoisotopic (exact) mass is 375 g/mol. The van der Waals surface area contributed by atoms with E-state index in [4.69, 9.17) is 9.47 Å². The summed E-state index contributed by atoms with van der Waals surface area (Å²) in [6.07, 6.45) is 1.86. The molecule has 4 heteroatoms. The molecule has 0 radical (unpaired) electrons. The van der Waals surface area contributed by atoms with Crippen molar-refractivity contribution in [3.8, 4) is 11.5 Å². The van der Waals surface area contributed by atoms with Gasteiger partial charge in [-0.2, -0.15) is 0 Å². The summed E-state index contributed by atoms with van der Waals surface area (Å²) in [5, 5.41) is 1.80. The van der Waals surface area contributed by atoms with Crippen molar-refractivity contribution in [1.82, 2.24) is 4.90 Å². The molecule has 3 aromatic rings. The van der Waals surface area contributed by atoms with Gasteiger partial charge < -0.3 is 14.4 Å². The fourth-order valence-corrected chi connectivity index (χ4v) is 3.21. The van der Waals surface area contributed by atoms with Crippen LogP contribution in [0.25, 0.3) is 16.3 Å². The Kier molecular flexibility index (Phi) is 5.99. The van der Waals surface area contributed by atoms with Crippen LogP contribution in [0.2, 0.25) is 0 Å². The van der Waals surface area contributed by atoms with E-state index >= 15 is 0 Å². The average Bonchev–Trinajstić information content (AvgIpc) is 2.71. The van der Waals surface area contributed by atoms with E-state index in [1.165, 1.54) is 0 Å². The zero-order valence-corrected chi connectivity index (χ0v) is 16.7. The maximum Gasteiger partial charge on any atom is 0.195 e. The van der Waals surface area contributed by atoms with Crippen LogP contribution in [0.5, 0.6) is 11.5 Å². The van der Waals surface area contributed by atoms with E-state index in [2.05, 4.69) is 0 Å². The first-order chi connectivity index (χ1) is 13.5. The minimum absolute atomic E-state index is 0.0308. The number of benzene rings is 3. The lowest BCUT2D eigenvalue weighted by Gasteiger charge is -2.15. The van der Waals surface area contributed by atoms with Crippen LogP contribution in [0.1, 0.15) is 22.8 Å². The molecule has 0 unspecified atom stereocenters. The molecule has 0 saturated heterocycles. The van der Waals surface area contributed by atoms with Gasteiger partial charge in [0.2, 0.25) is 0 Å². The molecule has 4 nitrogen and oxygen atoms in total. The maximum absolute atomic E-state index is 13.5. The Balaban J connectivity index is 2.10. The number of ether oxygens (including phenoxy) is 2. The van der Waals surface area contributed by atoms with Gasteiger partial charge in [0, 0.05) is 36.8 Å². The normalized spacial score (nSPS) is 11.4. The van der Waals surface area contributed by atoms with Gasteiger partial charge in [0.05, 0.1) is 13.7 Å². The molecule has 0 aliphatic carbocycles. The third-order valence-corrected chi connectivity index (χ3v) is 4.46. The third kappa shape index (κ3) is 4.01. The Labute approximate surface area is 166 Å². The highest BCUT2D eigenvalue weighted by Crippen LogP contribution is 2.31. The van der Waals surface area contributed by atoms with Crippen LogP contribution in [-0.2, 0) is 0 Å². The summed E-state index contributed by atoms with van der Waals surface area (Å²) >= 11 is 0. The van der Waals surface area contributed by atoms with Crippen molar-refractivity contribution in [1.29, 1.82) is 0 Å². The van der Waals surface area contributed by atoms with Crippen LogP contribution >= 0.6 is 0 Å². The molecule has 0 fully saturated rings. The highest BCUT2D eigenvalue weighted by Gasteiger charge is 2.19. The molecule has 0 amide bonds. The molecule has 0 aliphatic rings. The van der Waals surface area contributed by atoms with E-state index in [0.717, 1.165) is 27.8 Å². The van der Waals surface area contributed by atoms with Crippen molar-refractivity contribution in [2.24, 2.45) is 0 Å². The van der Waals surface area contributed by atoms with Gasteiger partial charge in [-0.15, -0.1) is 0 Å². The molecule has 0 aromatic heterocycles. The van der Waals surface area contributed by atoms with Crippen LogP contribution in [0.4, 0.5) is 0 Å². The molecule has 0 saturated carbocycles. The first-order valence-electron chi connectivity index (χ1n) is 9.27. The molecule has 28 heavy (non-hydrogen) atoms. The van der Waals surface area contributed by atoms with Crippen molar-refractivity contribution in [3.05, 3.63) is 78.0 Å². The fraction of sp³-hybridized carbons (Fsp3) is 0.208. The number of methoxy groups -OCH3 is 1. The molecule has 0 heterocycles. The summed E-state index contributed by atoms with van der Waals surface area (Å²) in [6, 6.07) is 19.1. The van der Waals surface area contributed by atoms with Gasteiger partial charge >= 0.3 is 0 Å². The largest absolute Gasteiger partial charge is 0.496 e. The van der Waals surface area contributed by atoms with Gasteiger partial charge in [0.1, 0.15) is 11.5 Å². The molecule has 0 atom stereocenters. The van der Waals surface area contributed by atoms with Gasteiger partial charge in [-0.3, -0.25) is 4.79 Å². The number of fused-ring (bicyclic) bond motifs is 1. The number of hydrogen-bond donors (Lipinski definition) is 0. The maximum atomic E-state index is 13.5. The second-order valence-electron chi connectivity index (χ2n) is 6.65. The highest BCUT2D eigenvalue weighted by molar-refractivity contribution is 6.32.